The third-order valence-electron chi connectivity index (χ3n) is 5.23. The van der Waals surface area contributed by atoms with Gasteiger partial charge in [0.2, 0.25) is 5.91 Å². The number of aliphatic hydroxyl groups is 1. The molecule has 156 valence electrons. The van der Waals surface area contributed by atoms with Crippen molar-refractivity contribution in [1.82, 2.24) is 4.90 Å². The average molecular weight is 389 g/mol. The fourth-order valence-corrected chi connectivity index (χ4v) is 3.81. The first-order chi connectivity index (χ1) is 12.9. The first-order valence-corrected chi connectivity index (χ1v) is 9.36. The number of hydrogen-bond donors (Lipinski definition) is 1. The molecule has 1 N–H and O–H groups in total. The lowest BCUT2D eigenvalue weighted by Crippen LogP contribution is -2.47. The fraction of sp³-hybridized carbons (Fsp3) is 0.889. The zero-order valence-corrected chi connectivity index (χ0v) is 16.6. The number of imide groups is 1. The third kappa shape index (κ3) is 4.27. The Hall–Kier alpha value is -1.26. The van der Waals surface area contributed by atoms with Crippen molar-refractivity contribution in [3.8, 4) is 0 Å². The molecule has 2 heterocycles. The molecule has 0 aromatic carbocycles. The fourth-order valence-electron chi connectivity index (χ4n) is 3.81. The van der Waals surface area contributed by atoms with Crippen molar-refractivity contribution in [2.24, 2.45) is 5.92 Å². The molecule has 0 aromatic heterocycles. The minimum absolute atomic E-state index is 0.259. The van der Waals surface area contributed by atoms with Gasteiger partial charge in [-0.3, -0.25) is 4.79 Å². The van der Waals surface area contributed by atoms with E-state index in [0.29, 0.717) is 12.8 Å². The summed E-state index contributed by atoms with van der Waals surface area (Å²) in [6.45, 7) is 3.99. The van der Waals surface area contributed by atoms with Crippen LogP contribution in [0.1, 0.15) is 33.1 Å². The summed E-state index contributed by atoms with van der Waals surface area (Å²) in [7, 11) is 4.55. The topological polar surface area (TPSA) is 104 Å². The second-order valence-electron chi connectivity index (χ2n) is 6.85. The molecule has 27 heavy (non-hydrogen) atoms. The molecule has 7 atom stereocenters. The highest BCUT2D eigenvalue weighted by molar-refractivity contribution is 5.95. The molecular formula is C18H31NO8. The molecule has 2 saturated heterocycles. The van der Waals surface area contributed by atoms with Gasteiger partial charge in [0.25, 0.3) is 0 Å². The van der Waals surface area contributed by atoms with Crippen LogP contribution in [0.3, 0.4) is 0 Å². The lowest BCUT2D eigenvalue weighted by Gasteiger charge is -2.29. The zero-order valence-electron chi connectivity index (χ0n) is 16.6. The molecule has 0 aliphatic carbocycles. The predicted molar refractivity (Wildman–Crippen MR) is 93.9 cm³/mol. The molecule has 2 aliphatic rings. The number of nitrogens with zero attached hydrogens (tertiary/aromatic N) is 1. The van der Waals surface area contributed by atoms with E-state index in [0.717, 1.165) is 11.3 Å². The van der Waals surface area contributed by atoms with Crippen LogP contribution in [-0.4, -0.2) is 86.7 Å². The van der Waals surface area contributed by atoms with Crippen LogP contribution in [0, 0.1) is 5.92 Å². The van der Waals surface area contributed by atoms with Crippen molar-refractivity contribution >= 4 is 12.0 Å². The molecule has 0 unspecified atom stereocenters. The molecule has 0 bridgehead atoms. The van der Waals surface area contributed by atoms with Gasteiger partial charge in [-0.25, -0.2) is 9.69 Å². The molecule has 9 heteroatoms. The van der Waals surface area contributed by atoms with Gasteiger partial charge in [0.05, 0.1) is 18.6 Å². The quantitative estimate of drug-likeness (QED) is 0.588. The maximum absolute atomic E-state index is 13.0. The van der Waals surface area contributed by atoms with Crippen molar-refractivity contribution in [3.63, 3.8) is 0 Å². The average Bonchev–Trinajstić information content (AvgIpc) is 3.14. The van der Waals surface area contributed by atoms with Crippen LogP contribution in [0.5, 0.6) is 0 Å². The van der Waals surface area contributed by atoms with Gasteiger partial charge in [-0.1, -0.05) is 20.3 Å². The number of carbonyl (C=O) groups excluding carboxylic acids is 2. The summed E-state index contributed by atoms with van der Waals surface area (Å²) in [6.07, 6.45) is -3.28. The molecular weight excluding hydrogens is 358 g/mol. The van der Waals surface area contributed by atoms with Gasteiger partial charge in [0, 0.05) is 21.3 Å². The molecule has 9 nitrogen and oxygen atoms in total. The number of hydrogen-bond acceptors (Lipinski definition) is 8. The van der Waals surface area contributed by atoms with Crippen molar-refractivity contribution in [2.75, 3.05) is 27.9 Å². The zero-order chi connectivity index (χ0) is 20.1. The van der Waals surface area contributed by atoms with Gasteiger partial charge in [0.1, 0.15) is 18.3 Å². The van der Waals surface area contributed by atoms with E-state index in [1.54, 1.807) is 14.0 Å². The van der Waals surface area contributed by atoms with Crippen LogP contribution in [0.4, 0.5) is 4.79 Å². The molecule has 2 rings (SSSR count). The summed E-state index contributed by atoms with van der Waals surface area (Å²) in [5, 5.41) is 10.3. The summed E-state index contributed by atoms with van der Waals surface area (Å²) >= 11 is 0. The smallest absolute Gasteiger partial charge is 0.419 e. The van der Waals surface area contributed by atoms with Gasteiger partial charge in [0.15, 0.2) is 12.3 Å². The Labute approximate surface area is 159 Å². The number of amides is 2. The van der Waals surface area contributed by atoms with E-state index in [1.165, 1.54) is 14.2 Å². The van der Waals surface area contributed by atoms with Crippen LogP contribution >= 0.6 is 0 Å². The molecule has 2 amide bonds. The van der Waals surface area contributed by atoms with Crippen molar-refractivity contribution in [1.29, 1.82) is 0 Å². The lowest BCUT2D eigenvalue weighted by molar-refractivity contribution is -0.153. The van der Waals surface area contributed by atoms with E-state index in [9.17, 15) is 14.7 Å². The normalized spacial score (nSPS) is 30.7. The van der Waals surface area contributed by atoms with Crippen molar-refractivity contribution in [2.45, 2.75) is 69.9 Å². The predicted octanol–water partition coefficient (Wildman–Crippen LogP) is 0.922. The molecule has 2 aliphatic heterocycles. The maximum Gasteiger partial charge on any atom is 0.419 e. The van der Waals surface area contributed by atoms with Crippen molar-refractivity contribution in [3.05, 3.63) is 0 Å². The molecule has 0 aromatic rings. The van der Waals surface area contributed by atoms with E-state index >= 15 is 0 Å². The maximum atomic E-state index is 13.0. The highest BCUT2D eigenvalue weighted by Gasteiger charge is 2.60. The SMILES string of the molecule is CCC[C@@H](O)[C@H](CC)C(=O)N1C(=O)O[C@@H]2[C@@H](OC)[C@@H]([C@@H](COC)OC)O[C@@H]21. The second kappa shape index (κ2) is 9.79. The number of rotatable bonds is 10. The van der Waals surface area contributed by atoms with Crippen LogP contribution in [0.25, 0.3) is 0 Å². The molecule has 0 radical (unpaired) electrons. The highest BCUT2D eigenvalue weighted by atomic mass is 16.7. The number of carbonyl (C=O) groups is 2. The van der Waals surface area contributed by atoms with E-state index in [1.807, 2.05) is 6.92 Å². The highest BCUT2D eigenvalue weighted by Crippen LogP contribution is 2.37. The first kappa shape index (κ1) is 22.0. The minimum Gasteiger partial charge on any atom is -0.438 e. The summed E-state index contributed by atoms with van der Waals surface area (Å²) in [5.74, 6) is -1.19. The summed E-state index contributed by atoms with van der Waals surface area (Å²) < 4.78 is 27.4. The number of methoxy groups -OCH3 is 3. The van der Waals surface area contributed by atoms with E-state index in [-0.39, 0.29) is 6.61 Å². The van der Waals surface area contributed by atoms with E-state index in [2.05, 4.69) is 0 Å². The van der Waals surface area contributed by atoms with Gasteiger partial charge >= 0.3 is 6.09 Å². The van der Waals surface area contributed by atoms with Crippen LogP contribution in [0.15, 0.2) is 0 Å². The van der Waals surface area contributed by atoms with Gasteiger partial charge in [-0.2, -0.15) is 0 Å². The van der Waals surface area contributed by atoms with E-state index in [4.69, 9.17) is 23.7 Å². The first-order valence-electron chi connectivity index (χ1n) is 9.36. The minimum atomic E-state index is -0.919. The Kier molecular flexibility index (Phi) is 7.99. The van der Waals surface area contributed by atoms with Crippen LogP contribution in [0.2, 0.25) is 0 Å². The lowest BCUT2D eigenvalue weighted by atomic mass is 9.94. The number of fused-ring (bicyclic) bond motifs is 1. The summed E-state index contributed by atoms with van der Waals surface area (Å²) in [5.41, 5.74) is 0. The Morgan fingerprint density at radius 2 is 2.00 bits per heavy atom. The molecule has 2 fully saturated rings. The molecule has 0 spiro atoms. The second-order valence-corrected chi connectivity index (χ2v) is 6.85. The largest absolute Gasteiger partial charge is 0.438 e. The number of ether oxygens (including phenoxy) is 5. The Balaban J connectivity index is 2.22. The third-order valence-corrected chi connectivity index (χ3v) is 5.23. The monoisotopic (exact) mass is 389 g/mol. The van der Waals surface area contributed by atoms with Gasteiger partial charge in [-0.15, -0.1) is 0 Å². The van der Waals surface area contributed by atoms with Gasteiger partial charge < -0.3 is 28.8 Å². The standard InChI is InChI=1S/C18H31NO8/c1-6-8-11(20)10(7-2)16(21)19-17-15(27-18(19)22)14(25-5)13(26-17)12(24-4)9-23-3/h10-15,17,20H,6-9H2,1-5H3/t10-,11+,12+,13+,14-,15+,17-/m0/s1. The summed E-state index contributed by atoms with van der Waals surface area (Å²) in [4.78, 5) is 26.3. The van der Waals surface area contributed by atoms with Gasteiger partial charge in [-0.05, 0) is 12.8 Å². The van der Waals surface area contributed by atoms with Crippen LogP contribution < -0.4 is 0 Å². The molecule has 0 saturated carbocycles. The Morgan fingerprint density at radius 3 is 2.52 bits per heavy atom. The Morgan fingerprint density at radius 1 is 1.30 bits per heavy atom. The number of aliphatic hydroxyl groups excluding tert-OH is 1. The summed E-state index contributed by atoms with van der Waals surface area (Å²) in [6, 6.07) is 0. The van der Waals surface area contributed by atoms with Crippen molar-refractivity contribution < 1.29 is 38.4 Å². The van der Waals surface area contributed by atoms with E-state index < -0.39 is 54.7 Å². The van der Waals surface area contributed by atoms with Crippen LogP contribution in [-0.2, 0) is 28.5 Å². The Bertz CT molecular complexity index is 516.